The summed E-state index contributed by atoms with van der Waals surface area (Å²) in [5, 5.41) is 0. The highest BCUT2D eigenvalue weighted by Gasteiger charge is 2.46. The number of ketones is 1. The summed E-state index contributed by atoms with van der Waals surface area (Å²) in [5.74, 6) is -2.87. The van der Waals surface area contributed by atoms with E-state index in [0.717, 1.165) is 24.1 Å². The summed E-state index contributed by atoms with van der Waals surface area (Å²) in [6.07, 6.45) is -2.80. The van der Waals surface area contributed by atoms with E-state index in [0.29, 0.717) is 18.9 Å². The molecular formula is C24H23F4NO3. The van der Waals surface area contributed by atoms with E-state index < -0.39 is 40.9 Å². The molecule has 0 aromatic heterocycles. The van der Waals surface area contributed by atoms with Gasteiger partial charge in [-0.2, -0.15) is 13.2 Å². The Kier molecular flexibility index (Phi) is 6.22. The van der Waals surface area contributed by atoms with Crippen LogP contribution in [-0.4, -0.2) is 28.9 Å². The number of amides is 1. The fourth-order valence-electron chi connectivity index (χ4n) is 4.92. The third-order valence-corrected chi connectivity index (χ3v) is 6.32. The van der Waals surface area contributed by atoms with Crippen molar-refractivity contribution in [3.63, 3.8) is 0 Å². The fourth-order valence-corrected chi connectivity index (χ4v) is 4.92. The second-order valence-electron chi connectivity index (χ2n) is 8.38. The molecule has 4 rings (SSSR count). The van der Waals surface area contributed by atoms with Crippen LogP contribution in [0, 0.1) is 11.7 Å². The second kappa shape index (κ2) is 8.92. The third-order valence-electron chi connectivity index (χ3n) is 6.32. The SMILES string of the molecule is O=C(c1cccc(F)c1C(F)(F)F)C1CC2CCCC(C1)N2C(=O)OCc1ccccc1. The molecule has 2 saturated heterocycles. The molecule has 0 N–H and O–H groups in total. The van der Waals surface area contributed by atoms with Crippen molar-refractivity contribution in [1.82, 2.24) is 4.90 Å². The first-order chi connectivity index (χ1) is 15.3. The highest BCUT2D eigenvalue weighted by atomic mass is 19.4. The second-order valence-corrected chi connectivity index (χ2v) is 8.38. The van der Waals surface area contributed by atoms with Gasteiger partial charge in [0.2, 0.25) is 0 Å². The maximum Gasteiger partial charge on any atom is 0.419 e. The quantitative estimate of drug-likeness (QED) is 0.425. The summed E-state index contributed by atoms with van der Waals surface area (Å²) in [4.78, 5) is 27.5. The van der Waals surface area contributed by atoms with E-state index in [1.807, 2.05) is 30.3 Å². The van der Waals surface area contributed by atoms with Gasteiger partial charge in [-0.25, -0.2) is 9.18 Å². The van der Waals surface area contributed by atoms with Gasteiger partial charge >= 0.3 is 12.3 Å². The lowest BCUT2D eigenvalue weighted by Crippen LogP contribution is -2.55. The van der Waals surface area contributed by atoms with Crippen LogP contribution in [0.1, 0.15) is 53.6 Å². The highest BCUT2D eigenvalue weighted by molar-refractivity contribution is 5.99. The Bertz CT molecular complexity index is 978. The molecule has 2 aromatic carbocycles. The van der Waals surface area contributed by atoms with E-state index in [1.54, 1.807) is 4.90 Å². The number of carbonyl (C=O) groups excluding carboxylic acids is 2. The monoisotopic (exact) mass is 449 g/mol. The van der Waals surface area contributed by atoms with Gasteiger partial charge in [-0.3, -0.25) is 4.79 Å². The molecule has 2 fully saturated rings. The Morgan fingerprint density at radius 3 is 2.25 bits per heavy atom. The molecule has 2 heterocycles. The van der Waals surface area contributed by atoms with Gasteiger partial charge in [-0.1, -0.05) is 42.5 Å². The molecule has 0 spiro atoms. The van der Waals surface area contributed by atoms with Crippen LogP contribution in [0.4, 0.5) is 22.4 Å². The molecule has 2 unspecified atom stereocenters. The van der Waals surface area contributed by atoms with Crippen LogP contribution in [0.15, 0.2) is 48.5 Å². The Labute approximate surface area is 183 Å². The Balaban J connectivity index is 1.50. The minimum absolute atomic E-state index is 0.121. The summed E-state index contributed by atoms with van der Waals surface area (Å²) in [7, 11) is 0. The van der Waals surface area contributed by atoms with Gasteiger partial charge < -0.3 is 9.64 Å². The van der Waals surface area contributed by atoms with Gasteiger partial charge in [0.05, 0.1) is 0 Å². The number of benzene rings is 2. The maximum absolute atomic E-state index is 14.0. The zero-order valence-electron chi connectivity index (χ0n) is 17.3. The minimum Gasteiger partial charge on any atom is -0.445 e. The first-order valence-corrected chi connectivity index (χ1v) is 10.6. The largest absolute Gasteiger partial charge is 0.445 e. The number of fused-ring (bicyclic) bond motifs is 2. The van der Waals surface area contributed by atoms with Crippen molar-refractivity contribution >= 4 is 11.9 Å². The zero-order valence-corrected chi connectivity index (χ0v) is 17.3. The predicted molar refractivity (Wildman–Crippen MR) is 108 cm³/mol. The van der Waals surface area contributed by atoms with E-state index in [2.05, 4.69) is 0 Å². The molecule has 2 atom stereocenters. The topological polar surface area (TPSA) is 46.6 Å². The number of rotatable bonds is 4. The Morgan fingerprint density at radius 1 is 0.969 bits per heavy atom. The van der Waals surface area contributed by atoms with E-state index >= 15 is 0 Å². The molecule has 2 aliphatic rings. The molecule has 1 amide bonds. The standard InChI is InChI=1S/C24H23F4NO3/c25-20-11-5-10-19(21(20)24(26,27)28)22(30)16-12-17-8-4-9-18(13-16)29(17)23(31)32-14-15-6-2-1-3-7-15/h1-3,5-7,10-11,16-18H,4,8-9,12-14H2. The number of halogens is 4. The first-order valence-electron chi connectivity index (χ1n) is 10.6. The summed E-state index contributed by atoms with van der Waals surface area (Å²) < 4.78 is 59.6. The molecule has 4 nitrogen and oxygen atoms in total. The highest BCUT2D eigenvalue weighted by Crippen LogP contribution is 2.41. The van der Waals surface area contributed by atoms with Gasteiger partial charge in [-0.15, -0.1) is 0 Å². The number of ether oxygens (including phenoxy) is 1. The number of nitrogens with zero attached hydrogens (tertiary/aromatic N) is 1. The Hall–Kier alpha value is -2.90. The molecular weight excluding hydrogens is 426 g/mol. The van der Waals surface area contributed by atoms with Gasteiger partial charge in [-0.05, 0) is 43.7 Å². The molecule has 0 radical (unpaired) electrons. The summed E-state index contributed by atoms with van der Waals surface area (Å²) in [6, 6.07) is 11.5. The van der Waals surface area contributed by atoms with Crippen LogP contribution in [-0.2, 0) is 17.5 Å². The van der Waals surface area contributed by atoms with E-state index in [1.165, 1.54) is 0 Å². The molecule has 32 heavy (non-hydrogen) atoms. The molecule has 0 saturated carbocycles. The summed E-state index contributed by atoms with van der Waals surface area (Å²) in [6.45, 7) is 0.121. The molecule has 0 aliphatic carbocycles. The lowest BCUT2D eigenvalue weighted by Gasteiger charge is -2.47. The predicted octanol–water partition coefficient (Wildman–Crippen LogP) is 6.00. The number of piperidine rings is 2. The van der Waals surface area contributed by atoms with Gasteiger partial charge in [0.15, 0.2) is 5.78 Å². The smallest absolute Gasteiger partial charge is 0.419 e. The van der Waals surface area contributed by atoms with Crippen molar-refractivity contribution in [1.29, 1.82) is 0 Å². The number of hydrogen-bond donors (Lipinski definition) is 0. The molecule has 170 valence electrons. The number of alkyl halides is 3. The van der Waals surface area contributed by atoms with Crippen LogP contribution in [0.2, 0.25) is 0 Å². The van der Waals surface area contributed by atoms with Crippen molar-refractivity contribution < 1.29 is 31.9 Å². The fraction of sp³-hybridized carbons (Fsp3) is 0.417. The number of hydrogen-bond acceptors (Lipinski definition) is 3. The van der Waals surface area contributed by atoms with Crippen LogP contribution in [0.5, 0.6) is 0 Å². The third kappa shape index (κ3) is 4.49. The van der Waals surface area contributed by atoms with E-state index in [4.69, 9.17) is 4.74 Å². The average molecular weight is 449 g/mol. The van der Waals surface area contributed by atoms with Crippen molar-refractivity contribution in [3.8, 4) is 0 Å². The summed E-state index contributed by atoms with van der Waals surface area (Å²) in [5.41, 5.74) is -1.30. The van der Waals surface area contributed by atoms with Crippen molar-refractivity contribution in [3.05, 3.63) is 71.0 Å². The maximum atomic E-state index is 14.0. The van der Waals surface area contributed by atoms with Gasteiger partial charge in [0.1, 0.15) is 18.0 Å². The molecule has 2 aliphatic heterocycles. The normalized spacial score (nSPS) is 23.0. The number of carbonyl (C=O) groups is 2. The molecule has 2 bridgehead atoms. The zero-order chi connectivity index (χ0) is 22.9. The molecule has 2 aromatic rings. The lowest BCUT2D eigenvalue weighted by atomic mass is 9.75. The van der Waals surface area contributed by atoms with Gasteiger partial charge in [0, 0.05) is 23.6 Å². The van der Waals surface area contributed by atoms with Crippen molar-refractivity contribution in [2.75, 3.05) is 0 Å². The Morgan fingerprint density at radius 2 is 1.62 bits per heavy atom. The van der Waals surface area contributed by atoms with E-state index in [-0.39, 0.29) is 31.5 Å². The minimum atomic E-state index is -4.96. The first kappa shape index (κ1) is 22.3. The molecule has 8 heteroatoms. The van der Waals surface area contributed by atoms with Crippen LogP contribution in [0.3, 0.4) is 0 Å². The lowest BCUT2D eigenvalue weighted by molar-refractivity contribution is -0.140. The van der Waals surface area contributed by atoms with Crippen LogP contribution >= 0.6 is 0 Å². The van der Waals surface area contributed by atoms with Crippen LogP contribution < -0.4 is 0 Å². The van der Waals surface area contributed by atoms with E-state index in [9.17, 15) is 27.2 Å². The van der Waals surface area contributed by atoms with Crippen LogP contribution in [0.25, 0.3) is 0 Å². The average Bonchev–Trinajstić information content (AvgIpc) is 2.75. The number of Topliss-reactive ketones (excluding diaryl/α,β-unsaturated/α-hetero) is 1. The summed E-state index contributed by atoms with van der Waals surface area (Å²) >= 11 is 0. The van der Waals surface area contributed by atoms with Crippen molar-refractivity contribution in [2.24, 2.45) is 5.92 Å². The van der Waals surface area contributed by atoms with Crippen molar-refractivity contribution in [2.45, 2.75) is 57.0 Å². The van der Waals surface area contributed by atoms with Gasteiger partial charge in [0.25, 0.3) is 0 Å².